The van der Waals surface area contributed by atoms with Crippen LogP contribution in [-0.2, 0) is 11.2 Å². The van der Waals surface area contributed by atoms with Crippen molar-refractivity contribution in [1.82, 2.24) is 0 Å². The Bertz CT molecular complexity index is 371. The van der Waals surface area contributed by atoms with Gasteiger partial charge in [0.05, 0.1) is 0 Å². The van der Waals surface area contributed by atoms with Gasteiger partial charge in [0, 0.05) is 5.56 Å². The van der Waals surface area contributed by atoms with Gasteiger partial charge in [-0.05, 0) is 31.4 Å². The number of carbonyl (C=O) groups is 1. The van der Waals surface area contributed by atoms with E-state index in [9.17, 15) is 9.90 Å². The molecule has 2 rings (SSSR count). The van der Waals surface area contributed by atoms with Crippen LogP contribution >= 0.6 is 0 Å². The summed E-state index contributed by atoms with van der Waals surface area (Å²) in [5.41, 5.74) is 1.78. The maximum atomic E-state index is 10.6. The van der Waals surface area contributed by atoms with Crippen molar-refractivity contribution in [2.24, 2.45) is 0 Å². The van der Waals surface area contributed by atoms with Gasteiger partial charge < -0.3 is 9.84 Å². The maximum Gasteiger partial charge on any atom is 0.160 e. The summed E-state index contributed by atoms with van der Waals surface area (Å²) >= 11 is 0. The number of benzene rings is 1. The first kappa shape index (κ1) is 9.06. The van der Waals surface area contributed by atoms with Gasteiger partial charge in [-0.25, -0.2) is 0 Å². The van der Waals surface area contributed by atoms with E-state index in [4.69, 9.17) is 4.74 Å². The first-order valence-corrected chi connectivity index (χ1v) is 4.65. The molecule has 0 saturated carbocycles. The van der Waals surface area contributed by atoms with Gasteiger partial charge in [-0.1, -0.05) is 6.07 Å². The number of phenols is 1. The molecule has 1 aliphatic rings. The highest BCUT2D eigenvalue weighted by atomic mass is 16.5. The quantitative estimate of drug-likeness (QED) is 0.687. The summed E-state index contributed by atoms with van der Waals surface area (Å²) in [6.45, 7) is 1.79. The number of fused-ring (bicyclic) bond motifs is 1. The van der Waals surface area contributed by atoms with Crippen LogP contribution in [0.1, 0.15) is 17.5 Å². The minimum Gasteiger partial charge on any atom is -0.508 e. The van der Waals surface area contributed by atoms with Gasteiger partial charge in [0.1, 0.15) is 11.5 Å². The molecule has 0 fully saturated rings. The molecule has 1 heterocycles. The minimum absolute atomic E-state index is 0.218. The number of aromatic hydroxyl groups is 1. The highest BCUT2D eigenvalue weighted by Crippen LogP contribution is 2.35. The molecular weight excluding hydrogens is 180 g/mol. The third kappa shape index (κ3) is 1.35. The molecular formula is C11H12O3. The molecule has 0 bridgehead atoms. The molecule has 3 nitrogen and oxygen atoms in total. The summed E-state index contributed by atoms with van der Waals surface area (Å²) < 4.78 is 5.46. The van der Waals surface area contributed by atoms with Crippen LogP contribution in [0.5, 0.6) is 11.5 Å². The van der Waals surface area contributed by atoms with E-state index in [0.717, 1.165) is 24.7 Å². The second kappa shape index (κ2) is 3.33. The van der Waals surface area contributed by atoms with Crippen molar-refractivity contribution >= 4 is 6.29 Å². The fourth-order valence-corrected chi connectivity index (χ4v) is 1.70. The Balaban J connectivity index is 2.43. The second-order valence-corrected chi connectivity index (χ2v) is 3.53. The lowest BCUT2D eigenvalue weighted by Gasteiger charge is -2.24. The van der Waals surface area contributed by atoms with Crippen molar-refractivity contribution in [3.8, 4) is 11.5 Å². The van der Waals surface area contributed by atoms with Gasteiger partial charge in [0.15, 0.2) is 12.4 Å². The van der Waals surface area contributed by atoms with Gasteiger partial charge in [-0.15, -0.1) is 0 Å². The number of ether oxygens (including phenoxy) is 1. The van der Waals surface area contributed by atoms with Crippen molar-refractivity contribution in [1.29, 1.82) is 0 Å². The first-order valence-electron chi connectivity index (χ1n) is 4.65. The molecule has 0 radical (unpaired) electrons. The molecule has 1 unspecified atom stereocenters. The van der Waals surface area contributed by atoms with Crippen LogP contribution in [-0.4, -0.2) is 17.5 Å². The number of hydrogen-bond donors (Lipinski definition) is 1. The third-order valence-corrected chi connectivity index (χ3v) is 2.58. The van der Waals surface area contributed by atoms with Crippen LogP contribution < -0.4 is 4.74 Å². The number of phenolic OH excluding ortho intramolecular Hbond substituents is 1. The summed E-state index contributed by atoms with van der Waals surface area (Å²) in [6, 6.07) is 3.51. The molecule has 1 aliphatic heterocycles. The Hall–Kier alpha value is -1.51. The van der Waals surface area contributed by atoms with Crippen LogP contribution in [0.3, 0.4) is 0 Å². The van der Waals surface area contributed by atoms with Crippen LogP contribution in [0, 0.1) is 6.92 Å². The van der Waals surface area contributed by atoms with Crippen molar-refractivity contribution in [2.75, 3.05) is 0 Å². The molecule has 74 valence electrons. The number of hydrogen-bond acceptors (Lipinski definition) is 3. The zero-order valence-electron chi connectivity index (χ0n) is 7.99. The van der Waals surface area contributed by atoms with Gasteiger partial charge in [0.25, 0.3) is 0 Å². The number of aldehydes is 1. The monoisotopic (exact) mass is 192 g/mol. The lowest BCUT2D eigenvalue weighted by atomic mass is 9.99. The van der Waals surface area contributed by atoms with Crippen molar-refractivity contribution in [3.05, 3.63) is 23.3 Å². The molecule has 1 atom stereocenters. The van der Waals surface area contributed by atoms with Crippen LogP contribution in [0.4, 0.5) is 0 Å². The van der Waals surface area contributed by atoms with Crippen LogP contribution in [0.15, 0.2) is 12.1 Å². The van der Waals surface area contributed by atoms with E-state index in [0.29, 0.717) is 11.3 Å². The van der Waals surface area contributed by atoms with E-state index in [-0.39, 0.29) is 11.9 Å². The number of carbonyl (C=O) groups excluding carboxylic acids is 1. The average Bonchev–Trinajstić information content (AvgIpc) is 2.23. The maximum absolute atomic E-state index is 10.6. The lowest BCUT2D eigenvalue weighted by molar-refractivity contribution is -0.114. The molecule has 0 aliphatic carbocycles. The molecule has 0 saturated heterocycles. The van der Waals surface area contributed by atoms with Gasteiger partial charge in [-0.2, -0.15) is 0 Å². The topological polar surface area (TPSA) is 46.5 Å². The molecule has 1 aromatic rings. The Morgan fingerprint density at radius 3 is 3.07 bits per heavy atom. The van der Waals surface area contributed by atoms with Crippen molar-refractivity contribution in [2.45, 2.75) is 25.9 Å². The lowest BCUT2D eigenvalue weighted by Crippen LogP contribution is -2.24. The standard InChI is InChI=1S/C11H12O3/c1-7-10(13)5-3-8-2-4-9(6-12)14-11(7)8/h3,5-6,9,13H,2,4H2,1H3. The predicted molar refractivity (Wildman–Crippen MR) is 51.6 cm³/mol. The normalized spacial score (nSPS) is 19.6. The Morgan fingerprint density at radius 2 is 2.36 bits per heavy atom. The zero-order valence-corrected chi connectivity index (χ0v) is 7.99. The largest absolute Gasteiger partial charge is 0.508 e. The molecule has 14 heavy (non-hydrogen) atoms. The average molecular weight is 192 g/mol. The minimum atomic E-state index is -0.358. The highest BCUT2D eigenvalue weighted by Gasteiger charge is 2.21. The Labute approximate surface area is 82.3 Å². The smallest absolute Gasteiger partial charge is 0.160 e. The summed E-state index contributed by atoms with van der Waals surface area (Å²) in [7, 11) is 0. The van der Waals surface area contributed by atoms with Gasteiger partial charge in [0.2, 0.25) is 0 Å². The predicted octanol–water partition coefficient (Wildman–Crippen LogP) is 1.59. The zero-order chi connectivity index (χ0) is 10.1. The van der Waals surface area contributed by atoms with Gasteiger partial charge >= 0.3 is 0 Å². The molecule has 0 spiro atoms. The number of aryl methyl sites for hydroxylation is 1. The van der Waals surface area contributed by atoms with Crippen LogP contribution in [0.25, 0.3) is 0 Å². The van der Waals surface area contributed by atoms with E-state index in [2.05, 4.69) is 0 Å². The summed E-state index contributed by atoms with van der Waals surface area (Å²) in [4.78, 5) is 10.6. The van der Waals surface area contributed by atoms with E-state index >= 15 is 0 Å². The Kier molecular flexibility index (Phi) is 2.15. The summed E-state index contributed by atoms with van der Waals surface area (Å²) in [6.07, 6.45) is 2.01. The molecule has 0 amide bonds. The van der Waals surface area contributed by atoms with E-state index in [1.54, 1.807) is 13.0 Å². The SMILES string of the molecule is Cc1c(O)ccc2c1OC(C=O)CC2. The van der Waals surface area contributed by atoms with E-state index in [1.807, 2.05) is 6.07 Å². The highest BCUT2D eigenvalue weighted by molar-refractivity contribution is 5.60. The first-order chi connectivity index (χ1) is 6.72. The van der Waals surface area contributed by atoms with Crippen molar-refractivity contribution < 1.29 is 14.6 Å². The fourth-order valence-electron chi connectivity index (χ4n) is 1.70. The second-order valence-electron chi connectivity index (χ2n) is 3.53. The summed E-state index contributed by atoms with van der Waals surface area (Å²) in [5, 5.41) is 9.47. The molecule has 0 aromatic heterocycles. The summed E-state index contributed by atoms with van der Waals surface area (Å²) in [5.74, 6) is 0.892. The molecule has 3 heteroatoms. The fraction of sp³-hybridized carbons (Fsp3) is 0.364. The molecule has 1 N–H and O–H groups in total. The van der Waals surface area contributed by atoms with Gasteiger partial charge in [-0.3, -0.25) is 4.79 Å². The van der Waals surface area contributed by atoms with E-state index < -0.39 is 0 Å². The van der Waals surface area contributed by atoms with Crippen molar-refractivity contribution in [3.63, 3.8) is 0 Å². The van der Waals surface area contributed by atoms with Crippen LogP contribution in [0.2, 0.25) is 0 Å². The third-order valence-electron chi connectivity index (χ3n) is 2.58. The number of rotatable bonds is 1. The molecule has 1 aromatic carbocycles. The Morgan fingerprint density at radius 1 is 1.57 bits per heavy atom. The van der Waals surface area contributed by atoms with E-state index in [1.165, 1.54) is 0 Å².